The highest BCUT2D eigenvalue weighted by molar-refractivity contribution is 5.96. The third-order valence-corrected chi connectivity index (χ3v) is 4.77. The van der Waals surface area contributed by atoms with Gasteiger partial charge in [-0.2, -0.15) is 9.61 Å². The fourth-order valence-corrected chi connectivity index (χ4v) is 3.08. The zero-order valence-electron chi connectivity index (χ0n) is 15.1. The van der Waals surface area contributed by atoms with Crippen molar-refractivity contribution in [3.8, 4) is 5.88 Å². The first-order valence-corrected chi connectivity index (χ1v) is 9.28. The second kappa shape index (κ2) is 6.30. The Morgan fingerprint density at radius 2 is 2.12 bits per heavy atom. The number of amides is 1. The lowest BCUT2D eigenvalue weighted by Crippen LogP contribution is -2.34. The number of hydrogen-bond acceptors (Lipinski definition) is 4. The van der Waals surface area contributed by atoms with Gasteiger partial charge in [-0.15, -0.1) is 0 Å². The van der Waals surface area contributed by atoms with Gasteiger partial charge in [0.2, 0.25) is 5.88 Å². The SMILES string of the molecule is CC(C)Cn1c(O)c(C(=O)NC2CC2)c(=O)n2ncc(C=CC3CC3)c12. The van der Waals surface area contributed by atoms with Crippen LogP contribution >= 0.6 is 0 Å². The Morgan fingerprint density at radius 3 is 2.73 bits per heavy atom. The van der Waals surface area contributed by atoms with Gasteiger partial charge in [-0.05, 0) is 37.5 Å². The molecule has 0 aromatic carbocycles. The van der Waals surface area contributed by atoms with E-state index in [1.54, 1.807) is 10.8 Å². The van der Waals surface area contributed by atoms with Crippen LogP contribution in [-0.4, -0.2) is 31.2 Å². The molecule has 26 heavy (non-hydrogen) atoms. The summed E-state index contributed by atoms with van der Waals surface area (Å²) in [4.78, 5) is 25.3. The molecule has 4 rings (SSSR count). The van der Waals surface area contributed by atoms with Crippen molar-refractivity contribution >= 4 is 17.6 Å². The van der Waals surface area contributed by atoms with Gasteiger partial charge in [-0.1, -0.05) is 26.0 Å². The number of aromatic hydroxyl groups is 1. The summed E-state index contributed by atoms with van der Waals surface area (Å²) in [6.45, 7) is 4.53. The zero-order chi connectivity index (χ0) is 18.4. The standard InChI is InChI=1S/C19H24N4O3/c1-11(2)10-22-17-13(6-5-12-3-4-12)9-20-23(17)19(26)15(18(22)25)16(24)21-14-7-8-14/h5-6,9,11-12,14,25H,3-4,7-8,10H2,1-2H3,(H,21,24). The van der Waals surface area contributed by atoms with Crippen LogP contribution in [0, 0.1) is 11.8 Å². The minimum absolute atomic E-state index is 0.102. The molecule has 7 nitrogen and oxygen atoms in total. The molecule has 2 saturated carbocycles. The van der Waals surface area contributed by atoms with Gasteiger partial charge in [0.05, 0.1) is 6.20 Å². The fraction of sp³-hybridized carbons (Fsp3) is 0.526. The van der Waals surface area contributed by atoms with E-state index in [2.05, 4.69) is 16.5 Å². The molecule has 2 aromatic heterocycles. The molecule has 138 valence electrons. The quantitative estimate of drug-likeness (QED) is 0.830. The summed E-state index contributed by atoms with van der Waals surface area (Å²) in [5, 5.41) is 17.8. The Hall–Kier alpha value is -2.57. The molecule has 0 atom stereocenters. The highest BCUT2D eigenvalue weighted by atomic mass is 16.3. The average Bonchev–Trinajstić information content (AvgIpc) is 3.50. The van der Waals surface area contributed by atoms with E-state index in [9.17, 15) is 14.7 Å². The number of aromatic nitrogens is 3. The van der Waals surface area contributed by atoms with Crippen LogP contribution in [0.2, 0.25) is 0 Å². The normalized spacial score (nSPS) is 17.5. The van der Waals surface area contributed by atoms with E-state index in [-0.39, 0.29) is 23.4 Å². The molecule has 2 fully saturated rings. The van der Waals surface area contributed by atoms with E-state index in [0.29, 0.717) is 18.1 Å². The number of carbonyl (C=O) groups excluding carboxylic acids is 1. The van der Waals surface area contributed by atoms with Crippen molar-refractivity contribution in [2.75, 3.05) is 0 Å². The Balaban J connectivity index is 1.88. The van der Waals surface area contributed by atoms with Crippen LogP contribution in [0.25, 0.3) is 11.7 Å². The van der Waals surface area contributed by atoms with Gasteiger partial charge in [0.1, 0.15) is 5.65 Å². The predicted molar refractivity (Wildman–Crippen MR) is 98.2 cm³/mol. The number of allylic oxidation sites excluding steroid dienone is 1. The van der Waals surface area contributed by atoms with Gasteiger partial charge in [0.25, 0.3) is 11.5 Å². The fourth-order valence-electron chi connectivity index (χ4n) is 3.08. The van der Waals surface area contributed by atoms with Crippen LogP contribution in [0.5, 0.6) is 5.88 Å². The van der Waals surface area contributed by atoms with E-state index in [0.717, 1.165) is 18.4 Å². The van der Waals surface area contributed by atoms with Crippen molar-refractivity contribution in [1.82, 2.24) is 19.5 Å². The summed E-state index contributed by atoms with van der Waals surface area (Å²) in [5.41, 5.74) is 0.493. The van der Waals surface area contributed by atoms with E-state index in [1.165, 1.54) is 17.4 Å². The zero-order valence-corrected chi connectivity index (χ0v) is 15.1. The first kappa shape index (κ1) is 16.9. The second-order valence-electron chi connectivity index (χ2n) is 7.79. The molecule has 0 aliphatic heterocycles. The van der Waals surface area contributed by atoms with E-state index in [4.69, 9.17) is 0 Å². The third-order valence-electron chi connectivity index (χ3n) is 4.77. The molecule has 0 bridgehead atoms. The minimum Gasteiger partial charge on any atom is -0.494 e. The summed E-state index contributed by atoms with van der Waals surface area (Å²) >= 11 is 0. The minimum atomic E-state index is -0.582. The predicted octanol–water partition coefficient (Wildman–Crippen LogP) is 2.17. The molecule has 2 aliphatic carbocycles. The van der Waals surface area contributed by atoms with Crippen LogP contribution in [-0.2, 0) is 6.54 Å². The Kier molecular flexibility index (Phi) is 4.09. The molecule has 2 aromatic rings. The van der Waals surface area contributed by atoms with Gasteiger partial charge in [0.15, 0.2) is 5.56 Å². The van der Waals surface area contributed by atoms with Crippen LogP contribution in [0.15, 0.2) is 17.1 Å². The highest BCUT2D eigenvalue weighted by Crippen LogP contribution is 2.31. The molecule has 0 saturated heterocycles. The lowest BCUT2D eigenvalue weighted by atomic mass is 10.2. The maximum Gasteiger partial charge on any atom is 0.291 e. The van der Waals surface area contributed by atoms with Crippen molar-refractivity contribution in [2.45, 2.75) is 52.1 Å². The van der Waals surface area contributed by atoms with Crippen LogP contribution in [0.1, 0.15) is 55.5 Å². The van der Waals surface area contributed by atoms with Crippen molar-refractivity contribution in [3.63, 3.8) is 0 Å². The van der Waals surface area contributed by atoms with E-state index < -0.39 is 11.5 Å². The molecule has 0 spiro atoms. The number of nitrogens with one attached hydrogen (secondary N) is 1. The number of fused-ring (bicyclic) bond motifs is 1. The summed E-state index contributed by atoms with van der Waals surface area (Å²) in [6.07, 6.45) is 9.89. The number of rotatable bonds is 6. The molecule has 1 amide bonds. The Labute approximate surface area is 151 Å². The molecule has 7 heteroatoms. The summed E-state index contributed by atoms with van der Waals surface area (Å²) in [6, 6.07) is 0.102. The lowest BCUT2D eigenvalue weighted by Gasteiger charge is -2.17. The summed E-state index contributed by atoms with van der Waals surface area (Å²) in [5.74, 6) is 0.00465. The van der Waals surface area contributed by atoms with Crippen molar-refractivity contribution in [2.24, 2.45) is 11.8 Å². The monoisotopic (exact) mass is 356 g/mol. The van der Waals surface area contributed by atoms with Crippen molar-refractivity contribution < 1.29 is 9.90 Å². The highest BCUT2D eigenvalue weighted by Gasteiger charge is 2.29. The molecular weight excluding hydrogens is 332 g/mol. The Morgan fingerprint density at radius 1 is 1.38 bits per heavy atom. The first-order valence-electron chi connectivity index (χ1n) is 9.28. The molecule has 0 unspecified atom stereocenters. The van der Waals surface area contributed by atoms with Crippen LogP contribution in [0.4, 0.5) is 0 Å². The molecule has 2 aliphatic rings. The molecular formula is C19H24N4O3. The smallest absolute Gasteiger partial charge is 0.291 e. The van der Waals surface area contributed by atoms with Crippen LogP contribution < -0.4 is 10.9 Å². The topological polar surface area (TPSA) is 88.6 Å². The van der Waals surface area contributed by atoms with Crippen molar-refractivity contribution in [1.29, 1.82) is 0 Å². The Bertz CT molecular complexity index is 946. The number of carbonyl (C=O) groups is 1. The van der Waals surface area contributed by atoms with Gasteiger partial charge in [-0.25, -0.2) is 0 Å². The molecule has 2 N–H and O–H groups in total. The van der Waals surface area contributed by atoms with Gasteiger partial charge >= 0.3 is 0 Å². The van der Waals surface area contributed by atoms with E-state index >= 15 is 0 Å². The lowest BCUT2D eigenvalue weighted by molar-refractivity contribution is 0.0944. The average molecular weight is 356 g/mol. The third kappa shape index (κ3) is 3.13. The summed E-state index contributed by atoms with van der Waals surface area (Å²) in [7, 11) is 0. The van der Waals surface area contributed by atoms with Gasteiger partial charge < -0.3 is 10.4 Å². The van der Waals surface area contributed by atoms with Crippen LogP contribution in [0.3, 0.4) is 0 Å². The largest absolute Gasteiger partial charge is 0.494 e. The molecule has 0 radical (unpaired) electrons. The number of hydrogen-bond donors (Lipinski definition) is 2. The second-order valence-corrected chi connectivity index (χ2v) is 7.79. The van der Waals surface area contributed by atoms with E-state index in [1.807, 2.05) is 19.9 Å². The van der Waals surface area contributed by atoms with Gasteiger partial charge in [-0.3, -0.25) is 14.2 Å². The maximum atomic E-state index is 12.8. The maximum absolute atomic E-state index is 12.8. The number of nitrogens with zero attached hydrogens (tertiary/aromatic N) is 3. The van der Waals surface area contributed by atoms with Crippen molar-refractivity contribution in [3.05, 3.63) is 33.8 Å². The van der Waals surface area contributed by atoms with Gasteiger partial charge in [0, 0.05) is 18.2 Å². The molecule has 2 heterocycles. The first-order chi connectivity index (χ1) is 12.5. The summed E-state index contributed by atoms with van der Waals surface area (Å²) < 4.78 is 2.87.